The second-order valence-corrected chi connectivity index (χ2v) is 14.0. The van der Waals surface area contributed by atoms with Crippen molar-refractivity contribution in [3.63, 3.8) is 0 Å². The number of hydrogen-bond donors (Lipinski definition) is 0. The fourth-order valence-corrected chi connectivity index (χ4v) is 8.84. The van der Waals surface area contributed by atoms with Gasteiger partial charge in [0, 0.05) is 11.3 Å². The summed E-state index contributed by atoms with van der Waals surface area (Å²) < 4.78 is 20.6. The van der Waals surface area contributed by atoms with E-state index in [0.717, 1.165) is 16.3 Å². The van der Waals surface area contributed by atoms with Gasteiger partial charge in [0.05, 0.1) is 23.2 Å². The quantitative estimate of drug-likeness (QED) is 0.131. The number of amides is 2. The zero-order valence-electron chi connectivity index (χ0n) is 25.5. The molecular formula is C38H23FN4O4S2. The number of hydrogen-bond acceptors (Lipinski definition) is 8. The summed E-state index contributed by atoms with van der Waals surface area (Å²) in [4.78, 5) is 46.9. The van der Waals surface area contributed by atoms with E-state index in [1.165, 1.54) is 45.0 Å². The summed E-state index contributed by atoms with van der Waals surface area (Å²) in [7, 11) is 0. The van der Waals surface area contributed by atoms with Crippen molar-refractivity contribution in [3.05, 3.63) is 159 Å². The highest BCUT2D eigenvalue weighted by Crippen LogP contribution is 2.55. The highest BCUT2D eigenvalue weighted by atomic mass is 32.2. The van der Waals surface area contributed by atoms with E-state index in [2.05, 4.69) is 34.5 Å². The summed E-state index contributed by atoms with van der Waals surface area (Å²) in [5.74, 6) is -1.19. The Morgan fingerprint density at radius 2 is 1.53 bits per heavy atom. The van der Waals surface area contributed by atoms with Crippen molar-refractivity contribution in [2.75, 3.05) is 9.80 Å². The SMILES string of the molecule is O=C1c2oc3ccccc3c(=O)c2C2(C(=O)N(Cc3ccc(F)cc3)c3ccccc32)N1c1nnc(SCc2cccc3ccccc23)s1. The maximum absolute atomic E-state index is 15.1. The van der Waals surface area contributed by atoms with Crippen LogP contribution in [0.25, 0.3) is 21.7 Å². The zero-order chi connectivity index (χ0) is 33.3. The molecule has 1 atom stereocenters. The van der Waals surface area contributed by atoms with Crippen molar-refractivity contribution in [1.29, 1.82) is 0 Å². The fourth-order valence-electron chi connectivity index (χ4n) is 6.95. The van der Waals surface area contributed by atoms with E-state index < -0.39 is 28.6 Å². The van der Waals surface area contributed by atoms with Crippen molar-refractivity contribution < 1.29 is 18.4 Å². The van der Waals surface area contributed by atoms with Gasteiger partial charge in [-0.2, -0.15) is 0 Å². The van der Waals surface area contributed by atoms with Gasteiger partial charge < -0.3 is 9.32 Å². The molecule has 2 aliphatic rings. The van der Waals surface area contributed by atoms with Crippen LogP contribution >= 0.6 is 23.1 Å². The van der Waals surface area contributed by atoms with Crippen LogP contribution in [0, 0.1) is 5.82 Å². The van der Waals surface area contributed by atoms with Gasteiger partial charge in [-0.15, -0.1) is 10.2 Å². The van der Waals surface area contributed by atoms with Gasteiger partial charge in [0.25, 0.3) is 11.8 Å². The lowest BCUT2D eigenvalue weighted by molar-refractivity contribution is -0.121. The Bertz CT molecular complexity index is 2550. The van der Waals surface area contributed by atoms with Gasteiger partial charge in [-0.3, -0.25) is 19.3 Å². The summed E-state index contributed by atoms with van der Waals surface area (Å²) >= 11 is 2.65. The second kappa shape index (κ2) is 11.2. The molecule has 11 heteroatoms. The average Bonchev–Trinajstić information content (AvgIpc) is 3.77. The van der Waals surface area contributed by atoms with Gasteiger partial charge in [-0.25, -0.2) is 4.39 Å². The molecule has 2 aromatic heterocycles. The van der Waals surface area contributed by atoms with E-state index in [9.17, 15) is 14.0 Å². The number of carbonyl (C=O) groups excluding carboxylic acids is 2. The molecular weight excluding hydrogens is 660 g/mol. The van der Waals surface area contributed by atoms with E-state index >= 15 is 4.79 Å². The third-order valence-corrected chi connectivity index (χ3v) is 11.2. The maximum Gasteiger partial charge on any atom is 0.297 e. The second-order valence-electron chi connectivity index (χ2n) is 11.8. The number of nitrogens with zero attached hydrogens (tertiary/aromatic N) is 4. The first-order valence-corrected chi connectivity index (χ1v) is 17.2. The minimum Gasteiger partial charge on any atom is -0.450 e. The van der Waals surface area contributed by atoms with E-state index in [0.29, 0.717) is 26.9 Å². The number of anilines is 2. The number of benzene rings is 5. The predicted octanol–water partition coefficient (Wildman–Crippen LogP) is 7.68. The first kappa shape index (κ1) is 29.5. The molecule has 0 radical (unpaired) electrons. The Morgan fingerprint density at radius 1 is 0.796 bits per heavy atom. The highest BCUT2D eigenvalue weighted by molar-refractivity contribution is 8.00. The molecule has 1 unspecified atom stereocenters. The zero-order valence-corrected chi connectivity index (χ0v) is 27.1. The monoisotopic (exact) mass is 682 g/mol. The third kappa shape index (κ3) is 4.39. The maximum atomic E-state index is 15.1. The van der Waals surface area contributed by atoms with Crippen LogP contribution in [-0.2, 0) is 22.6 Å². The molecule has 0 saturated carbocycles. The number of fused-ring (bicyclic) bond motifs is 6. The molecule has 0 fully saturated rings. The molecule has 0 bridgehead atoms. The van der Waals surface area contributed by atoms with E-state index in [-0.39, 0.29) is 34.0 Å². The molecule has 5 aromatic carbocycles. The molecule has 0 N–H and O–H groups in total. The highest BCUT2D eigenvalue weighted by Gasteiger charge is 2.66. The fraction of sp³-hybridized carbons (Fsp3) is 0.0789. The number of carbonyl (C=O) groups is 2. The smallest absolute Gasteiger partial charge is 0.297 e. The van der Waals surface area contributed by atoms with E-state index in [4.69, 9.17) is 4.42 Å². The molecule has 9 rings (SSSR count). The van der Waals surface area contributed by atoms with E-state index in [1.54, 1.807) is 60.7 Å². The predicted molar refractivity (Wildman–Crippen MR) is 188 cm³/mol. The van der Waals surface area contributed by atoms with Crippen LogP contribution < -0.4 is 15.2 Å². The molecule has 49 heavy (non-hydrogen) atoms. The molecule has 4 heterocycles. The first-order chi connectivity index (χ1) is 23.9. The molecule has 2 aliphatic heterocycles. The third-order valence-electron chi connectivity index (χ3n) is 9.10. The van der Waals surface area contributed by atoms with Crippen LogP contribution in [0.3, 0.4) is 0 Å². The van der Waals surface area contributed by atoms with Crippen LogP contribution in [0.1, 0.15) is 32.8 Å². The van der Waals surface area contributed by atoms with Gasteiger partial charge in [-0.1, -0.05) is 108 Å². The first-order valence-electron chi connectivity index (χ1n) is 15.4. The lowest BCUT2D eigenvalue weighted by Crippen LogP contribution is -2.53. The Hall–Kier alpha value is -5.65. The molecule has 238 valence electrons. The van der Waals surface area contributed by atoms with Crippen molar-refractivity contribution in [2.24, 2.45) is 0 Å². The van der Waals surface area contributed by atoms with Crippen LogP contribution in [0.15, 0.2) is 129 Å². The largest absolute Gasteiger partial charge is 0.450 e. The molecule has 0 saturated heterocycles. The lowest BCUT2D eigenvalue weighted by atomic mass is 9.84. The Labute approximate surface area is 286 Å². The number of rotatable bonds is 6. The minimum absolute atomic E-state index is 0.0598. The minimum atomic E-state index is -1.91. The van der Waals surface area contributed by atoms with E-state index in [1.807, 2.05) is 18.2 Å². The Balaban J connectivity index is 1.20. The molecule has 7 aromatic rings. The Morgan fingerprint density at radius 3 is 2.39 bits per heavy atom. The van der Waals surface area contributed by atoms with Gasteiger partial charge >= 0.3 is 0 Å². The summed E-state index contributed by atoms with van der Waals surface area (Å²) in [5, 5.41) is 11.6. The van der Waals surface area contributed by atoms with Crippen LogP contribution in [0.4, 0.5) is 15.2 Å². The molecule has 1 spiro atoms. The number of halogens is 1. The van der Waals surface area contributed by atoms with Crippen molar-refractivity contribution >= 4 is 67.5 Å². The molecule has 0 aliphatic carbocycles. The van der Waals surface area contributed by atoms with Gasteiger partial charge in [0.15, 0.2) is 15.3 Å². The van der Waals surface area contributed by atoms with Gasteiger partial charge in [0.2, 0.25) is 10.9 Å². The number of aromatic nitrogens is 2. The Kier molecular flexibility index (Phi) is 6.75. The number of thioether (sulfide) groups is 1. The van der Waals surface area contributed by atoms with Gasteiger partial charge in [-0.05, 0) is 52.2 Å². The summed E-state index contributed by atoms with van der Waals surface area (Å²) in [6, 6.07) is 33.9. The summed E-state index contributed by atoms with van der Waals surface area (Å²) in [6.07, 6.45) is 0. The van der Waals surface area contributed by atoms with Crippen molar-refractivity contribution in [1.82, 2.24) is 10.2 Å². The molecule has 8 nitrogen and oxygen atoms in total. The number of para-hydroxylation sites is 2. The van der Waals surface area contributed by atoms with Crippen LogP contribution in [0.2, 0.25) is 0 Å². The summed E-state index contributed by atoms with van der Waals surface area (Å²) in [6.45, 7) is 0.0798. The standard InChI is InChI=1S/C38H23FN4O4S2/c39-25-18-16-22(17-19-25)20-42-29-14-5-4-13-28(29)38(35(42)46)31-32(44)27-12-3-6-15-30(27)47-33(31)34(45)43(38)36-40-41-37(49-36)48-21-24-10-7-9-23-8-1-2-11-26(23)24/h1-19H,20-21H2. The average molecular weight is 683 g/mol. The molecule has 2 amide bonds. The summed E-state index contributed by atoms with van der Waals surface area (Å²) in [5.41, 5.74) is 0.546. The van der Waals surface area contributed by atoms with Crippen molar-refractivity contribution in [2.45, 2.75) is 22.2 Å². The normalized spacial score (nSPS) is 16.7. The van der Waals surface area contributed by atoms with Crippen LogP contribution in [0.5, 0.6) is 0 Å². The van der Waals surface area contributed by atoms with Gasteiger partial charge in [0.1, 0.15) is 11.4 Å². The lowest BCUT2D eigenvalue weighted by Gasteiger charge is -2.32. The van der Waals surface area contributed by atoms with Crippen LogP contribution in [-0.4, -0.2) is 22.0 Å². The topological polar surface area (TPSA) is 96.6 Å². The van der Waals surface area contributed by atoms with Crippen molar-refractivity contribution in [3.8, 4) is 0 Å².